The van der Waals surface area contributed by atoms with Crippen molar-refractivity contribution < 1.29 is 14.0 Å². The normalized spacial score (nSPS) is 20.2. The van der Waals surface area contributed by atoms with E-state index in [1.165, 1.54) is 0 Å². The summed E-state index contributed by atoms with van der Waals surface area (Å²) in [5.74, 6) is 0.782. The van der Waals surface area contributed by atoms with Gasteiger partial charge < -0.3 is 20.0 Å². The van der Waals surface area contributed by atoms with E-state index >= 15 is 0 Å². The third kappa shape index (κ3) is 3.99. The topological polar surface area (TPSA) is 74.6 Å². The van der Waals surface area contributed by atoms with Gasteiger partial charge in [0.1, 0.15) is 5.76 Å². The Balaban J connectivity index is 1.66. The summed E-state index contributed by atoms with van der Waals surface area (Å²) in [6.07, 6.45) is 3.68. The number of para-hydroxylation sites is 2. The monoisotopic (exact) mass is 407 g/mol. The number of fused-ring (bicyclic) bond motifs is 1. The number of rotatable bonds is 5. The first kappa shape index (κ1) is 20.3. The SMILES string of the molecule is CC[C@H]1C2=C(CC(C)(C)CC2=O)Nc2ccccc2N1CC(=O)NCc1ccco1. The first-order valence-electron chi connectivity index (χ1n) is 10.6. The average Bonchev–Trinajstić information content (AvgIpc) is 3.17. The molecule has 1 aliphatic heterocycles. The van der Waals surface area contributed by atoms with Crippen LogP contribution in [0.15, 0.2) is 58.3 Å². The Hall–Kier alpha value is -3.02. The van der Waals surface area contributed by atoms with E-state index in [-0.39, 0.29) is 29.7 Å². The van der Waals surface area contributed by atoms with Crippen LogP contribution in [0.2, 0.25) is 0 Å². The predicted octanol–water partition coefficient (Wildman–Crippen LogP) is 4.25. The summed E-state index contributed by atoms with van der Waals surface area (Å²) in [7, 11) is 0. The molecule has 1 amide bonds. The van der Waals surface area contributed by atoms with Gasteiger partial charge in [0, 0.05) is 17.7 Å². The molecule has 6 heteroatoms. The van der Waals surface area contributed by atoms with E-state index in [4.69, 9.17) is 4.42 Å². The van der Waals surface area contributed by atoms with Gasteiger partial charge in [0.05, 0.1) is 36.8 Å². The van der Waals surface area contributed by atoms with Crippen LogP contribution in [0.1, 0.15) is 45.8 Å². The van der Waals surface area contributed by atoms with Gasteiger partial charge in [-0.3, -0.25) is 9.59 Å². The highest BCUT2D eigenvalue weighted by molar-refractivity contribution is 6.01. The molecule has 6 nitrogen and oxygen atoms in total. The molecule has 1 aromatic carbocycles. The van der Waals surface area contributed by atoms with Gasteiger partial charge in [0.25, 0.3) is 0 Å². The Kier molecular flexibility index (Phi) is 5.41. The zero-order valence-corrected chi connectivity index (χ0v) is 17.8. The fourth-order valence-electron chi connectivity index (χ4n) is 4.58. The van der Waals surface area contributed by atoms with E-state index in [1.807, 2.05) is 30.3 Å². The van der Waals surface area contributed by atoms with Crippen molar-refractivity contribution in [1.82, 2.24) is 5.32 Å². The maximum Gasteiger partial charge on any atom is 0.239 e. The van der Waals surface area contributed by atoms with Crippen molar-refractivity contribution in [3.05, 3.63) is 59.7 Å². The van der Waals surface area contributed by atoms with E-state index in [1.54, 1.807) is 12.3 Å². The lowest BCUT2D eigenvalue weighted by Crippen LogP contribution is -2.46. The Bertz CT molecular complexity index is 975. The second-order valence-corrected chi connectivity index (χ2v) is 8.88. The summed E-state index contributed by atoms with van der Waals surface area (Å²) < 4.78 is 5.31. The molecule has 2 N–H and O–H groups in total. The number of nitrogens with one attached hydrogen (secondary N) is 2. The average molecular weight is 408 g/mol. The molecular formula is C24H29N3O3. The van der Waals surface area contributed by atoms with Crippen LogP contribution in [-0.2, 0) is 16.1 Å². The molecule has 0 saturated heterocycles. The van der Waals surface area contributed by atoms with Gasteiger partial charge >= 0.3 is 0 Å². The Labute approximate surface area is 177 Å². The predicted molar refractivity (Wildman–Crippen MR) is 117 cm³/mol. The molecule has 0 unspecified atom stereocenters. The van der Waals surface area contributed by atoms with Gasteiger partial charge in [0.2, 0.25) is 5.91 Å². The minimum absolute atomic E-state index is 0.0776. The third-order valence-electron chi connectivity index (χ3n) is 5.87. The molecule has 0 spiro atoms. The molecule has 30 heavy (non-hydrogen) atoms. The molecule has 2 aliphatic rings. The van der Waals surface area contributed by atoms with Crippen molar-refractivity contribution in [3.63, 3.8) is 0 Å². The summed E-state index contributed by atoms with van der Waals surface area (Å²) in [5, 5.41) is 6.47. The second-order valence-electron chi connectivity index (χ2n) is 8.88. The molecule has 1 aromatic heterocycles. The summed E-state index contributed by atoms with van der Waals surface area (Å²) in [4.78, 5) is 28.1. The van der Waals surface area contributed by atoms with Gasteiger partial charge in [-0.15, -0.1) is 0 Å². The Morgan fingerprint density at radius 1 is 1.23 bits per heavy atom. The zero-order chi connectivity index (χ0) is 21.3. The summed E-state index contributed by atoms with van der Waals surface area (Å²) in [6.45, 7) is 6.86. The van der Waals surface area contributed by atoms with E-state index < -0.39 is 0 Å². The number of amides is 1. The molecule has 0 saturated carbocycles. The molecule has 1 atom stereocenters. The van der Waals surface area contributed by atoms with Crippen LogP contribution in [-0.4, -0.2) is 24.3 Å². The molecular weight excluding hydrogens is 378 g/mol. The van der Waals surface area contributed by atoms with Crippen LogP contribution in [0.3, 0.4) is 0 Å². The summed E-state index contributed by atoms with van der Waals surface area (Å²) >= 11 is 0. The fourth-order valence-corrected chi connectivity index (χ4v) is 4.58. The number of allylic oxidation sites excluding steroid dienone is 1. The van der Waals surface area contributed by atoms with Crippen molar-refractivity contribution in [3.8, 4) is 0 Å². The van der Waals surface area contributed by atoms with Crippen LogP contribution < -0.4 is 15.5 Å². The van der Waals surface area contributed by atoms with Crippen molar-refractivity contribution in [2.45, 2.75) is 52.6 Å². The molecule has 4 rings (SSSR count). The largest absolute Gasteiger partial charge is 0.467 e. The number of anilines is 2. The Morgan fingerprint density at radius 3 is 2.77 bits per heavy atom. The van der Waals surface area contributed by atoms with Crippen molar-refractivity contribution in [2.75, 3.05) is 16.8 Å². The number of furan rings is 1. The van der Waals surface area contributed by atoms with Crippen molar-refractivity contribution in [1.29, 1.82) is 0 Å². The van der Waals surface area contributed by atoms with Gasteiger partial charge in [-0.2, -0.15) is 0 Å². The van der Waals surface area contributed by atoms with Crippen molar-refractivity contribution in [2.24, 2.45) is 5.41 Å². The van der Waals surface area contributed by atoms with Gasteiger partial charge in [0.15, 0.2) is 5.78 Å². The number of carbonyl (C=O) groups excluding carboxylic acids is 2. The van der Waals surface area contributed by atoms with Crippen molar-refractivity contribution >= 4 is 23.1 Å². The van der Waals surface area contributed by atoms with E-state index in [2.05, 4.69) is 36.3 Å². The minimum Gasteiger partial charge on any atom is -0.467 e. The van der Waals surface area contributed by atoms with Crippen LogP contribution in [0.5, 0.6) is 0 Å². The lowest BCUT2D eigenvalue weighted by molar-refractivity contribution is -0.121. The smallest absolute Gasteiger partial charge is 0.239 e. The number of nitrogens with zero attached hydrogens (tertiary/aromatic N) is 1. The van der Waals surface area contributed by atoms with Gasteiger partial charge in [-0.1, -0.05) is 32.9 Å². The first-order chi connectivity index (χ1) is 14.4. The minimum atomic E-state index is -0.144. The van der Waals surface area contributed by atoms with Crippen LogP contribution in [0.4, 0.5) is 11.4 Å². The number of carbonyl (C=O) groups is 2. The molecule has 0 bridgehead atoms. The Morgan fingerprint density at radius 2 is 2.03 bits per heavy atom. The molecule has 2 aromatic rings. The van der Waals surface area contributed by atoms with E-state index in [9.17, 15) is 9.59 Å². The quantitative estimate of drug-likeness (QED) is 0.775. The van der Waals surface area contributed by atoms with Crippen LogP contribution >= 0.6 is 0 Å². The highest BCUT2D eigenvalue weighted by Gasteiger charge is 2.40. The number of hydrogen-bond acceptors (Lipinski definition) is 5. The number of hydrogen-bond donors (Lipinski definition) is 2. The maximum absolute atomic E-state index is 13.2. The molecule has 0 fully saturated rings. The van der Waals surface area contributed by atoms with Crippen LogP contribution in [0, 0.1) is 5.41 Å². The molecule has 158 valence electrons. The van der Waals surface area contributed by atoms with E-state index in [0.717, 1.165) is 35.5 Å². The highest BCUT2D eigenvalue weighted by atomic mass is 16.3. The first-order valence-corrected chi connectivity index (χ1v) is 10.6. The number of Topliss-reactive ketones (excluding diaryl/α,β-unsaturated/α-hetero) is 1. The number of benzene rings is 1. The summed E-state index contributed by atoms with van der Waals surface area (Å²) in [5.41, 5.74) is 3.62. The highest BCUT2D eigenvalue weighted by Crippen LogP contribution is 2.44. The molecule has 0 radical (unpaired) electrons. The lowest BCUT2D eigenvalue weighted by Gasteiger charge is -2.37. The van der Waals surface area contributed by atoms with Gasteiger partial charge in [-0.25, -0.2) is 0 Å². The second kappa shape index (κ2) is 8.01. The third-order valence-corrected chi connectivity index (χ3v) is 5.87. The molecule has 2 heterocycles. The fraction of sp³-hybridized carbons (Fsp3) is 0.417. The van der Waals surface area contributed by atoms with Gasteiger partial charge in [-0.05, 0) is 42.5 Å². The maximum atomic E-state index is 13.2. The lowest BCUT2D eigenvalue weighted by atomic mass is 9.74. The molecule has 1 aliphatic carbocycles. The number of ketones is 1. The van der Waals surface area contributed by atoms with E-state index in [0.29, 0.717) is 18.7 Å². The standard InChI is InChI=1S/C24H29N3O3/c1-4-19-23-18(12-24(2,3)13-21(23)28)26-17-9-5-6-10-20(17)27(19)15-22(29)25-14-16-8-7-11-30-16/h5-11,19,26H,4,12-15H2,1-3H3,(H,25,29)/t19-/m0/s1. The van der Waals surface area contributed by atoms with Crippen LogP contribution in [0.25, 0.3) is 0 Å². The summed E-state index contributed by atoms with van der Waals surface area (Å²) in [6, 6.07) is 11.5. The zero-order valence-electron chi connectivity index (χ0n) is 17.8.